The lowest BCUT2D eigenvalue weighted by atomic mass is 10.1. The van der Waals surface area contributed by atoms with Crippen LogP contribution in [0.3, 0.4) is 0 Å². The molecular formula is C14H23O4P. The van der Waals surface area contributed by atoms with E-state index in [1.54, 1.807) is 0 Å². The number of rotatable bonds is 8. The largest absolute Gasteiger partial charge is 0.494 e. The summed E-state index contributed by atoms with van der Waals surface area (Å²) in [5.41, 5.74) is 1.97. The molecule has 5 heteroatoms. The van der Waals surface area contributed by atoms with E-state index in [2.05, 4.69) is 0 Å². The van der Waals surface area contributed by atoms with Gasteiger partial charge in [-0.15, -0.1) is 0 Å². The number of ether oxygens (including phenoxy) is 1. The summed E-state index contributed by atoms with van der Waals surface area (Å²) >= 11 is 0. The summed E-state index contributed by atoms with van der Waals surface area (Å²) in [6, 6.07) is 5.84. The fourth-order valence-corrected chi connectivity index (χ4v) is 3.54. The van der Waals surface area contributed by atoms with Gasteiger partial charge in [-0.05, 0) is 39.3 Å². The van der Waals surface area contributed by atoms with Crippen LogP contribution in [0.2, 0.25) is 0 Å². The van der Waals surface area contributed by atoms with Crippen LogP contribution in [0.5, 0.6) is 5.75 Å². The Kier molecular flexibility index (Phi) is 6.56. The van der Waals surface area contributed by atoms with Gasteiger partial charge in [-0.25, -0.2) is 0 Å². The topological polar surface area (TPSA) is 44.8 Å². The Morgan fingerprint density at radius 3 is 2.21 bits per heavy atom. The van der Waals surface area contributed by atoms with Gasteiger partial charge in [0.05, 0.1) is 26.0 Å². The maximum absolute atomic E-state index is 12.5. The van der Waals surface area contributed by atoms with Crippen molar-refractivity contribution < 1.29 is 18.3 Å². The molecule has 1 aromatic rings. The van der Waals surface area contributed by atoms with Crippen molar-refractivity contribution in [1.29, 1.82) is 0 Å². The summed E-state index contributed by atoms with van der Waals surface area (Å²) in [5, 5.41) is 0. The normalized spacial score (nSPS) is 11.6. The van der Waals surface area contributed by atoms with Gasteiger partial charge in [-0.3, -0.25) is 4.57 Å². The molecule has 0 unspecified atom stereocenters. The van der Waals surface area contributed by atoms with Crippen LogP contribution in [0.15, 0.2) is 18.2 Å². The zero-order valence-corrected chi connectivity index (χ0v) is 13.0. The SMILES string of the molecule is CCOc1cc(C)ccc1CP(=O)(OCC)OCC. The van der Waals surface area contributed by atoms with Gasteiger partial charge in [0, 0.05) is 5.56 Å². The molecule has 0 aliphatic rings. The van der Waals surface area contributed by atoms with Crippen LogP contribution in [-0.2, 0) is 19.8 Å². The van der Waals surface area contributed by atoms with E-state index in [0.717, 1.165) is 16.9 Å². The Labute approximate surface area is 115 Å². The van der Waals surface area contributed by atoms with Crippen LogP contribution < -0.4 is 4.74 Å². The lowest BCUT2D eigenvalue weighted by molar-refractivity contribution is 0.218. The van der Waals surface area contributed by atoms with Gasteiger partial charge >= 0.3 is 7.60 Å². The predicted octanol–water partition coefficient (Wildman–Crippen LogP) is 4.16. The van der Waals surface area contributed by atoms with Gasteiger partial charge in [0.25, 0.3) is 0 Å². The Hall–Kier alpha value is -0.830. The third-order valence-corrected chi connectivity index (χ3v) is 4.57. The van der Waals surface area contributed by atoms with Gasteiger partial charge in [0.15, 0.2) is 0 Å². The van der Waals surface area contributed by atoms with E-state index in [-0.39, 0.29) is 6.16 Å². The molecule has 19 heavy (non-hydrogen) atoms. The smallest absolute Gasteiger partial charge is 0.335 e. The molecule has 0 saturated heterocycles. The van der Waals surface area contributed by atoms with Crippen LogP contribution in [0.25, 0.3) is 0 Å². The number of hydrogen-bond donors (Lipinski definition) is 0. The van der Waals surface area contributed by atoms with Crippen molar-refractivity contribution in [1.82, 2.24) is 0 Å². The second-order valence-electron chi connectivity index (χ2n) is 4.15. The van der Waals surface area contributed by atoms with E-state index < -0.39 is 7.60 Å². The van der Waals surface area contributed by atoms with Gasteiger partial charge < -0.3 is 13.8 Å². The monoisotopic (exact) mass is 286 g/mol. The van der Waals surface area contributed by atoms with Crippen molar-refractivity contribution in [2.75, 3.05) is 19.8 Å². The highest BCUT2D eigenvalue weighted by atomic mass is 31.2. The molecule has 0 aliphatic carbocycles. The van der Waals surface area contributed by atoms with E-state index in [1.807, 2.05) is 45.9 Å². The first-order valence-corrected chi connectivity index (χ1v) is 8.37. The van der Waals surface area contributed by atoms with E-state index >= 15 is 0 Å². The first-order chi connectivity index (χ1) is 9.04. The van der Waals surface area contributed by atoms with Crippen LogP contribution in [-0.4, -0.2) is 19.8 Å². The first kappa shape index (κ1) is 16.2. The fraction of sp³-hybridized carbons (Fsp3) is 0.571. The van der Waals surface area contributed by atoms with Crippen molar-refractivity contribution in [2.24, 2.45) is 0 Å². The maximum Gasteiger partial charge on any atom is 0.335 e. The Bertz CT molecular complexity index is 435. The third-order valence-electron chi connectivity index (χ3n) is 2.54. The molecule has 0 amide bonds. The second kappa shape index (κ2) is 7.68. The average molecular weight is 286 g/mol. The summed E-state index contributed by atoms with van der Waals surface area (Å²) in [6.45, 7) is 8.85. The van der Waals surface area contributed by atoms with Gasteiger partial charge in [0.2, 0.25) is 0 Å². The number of benzene rings is 1. The van der Waals surface area contributed by atoms with Crippen molar-refractivity contribution >= 4 is 7.60 Å². The second-order valence-corrected chi connectivity index (χ2v) is 6.20. The molecule has 0 radical (unpaired) electrons. The molecule has 0 aliphatic heterocycles. The summed E-state index contributed by atoms with van der Waals surface area (Å²) in [6.07, 6.45) is 0.240. The fourth-order valence-electron chi connectivity index (χ4n) is 1.81. The van der Waals surface area contributed by atoms with Crippen molar-refractivity contribution in [3.8, 4) is 5.75 Å². The molecule has 4 nitrogen and oxygen atoms in total. The molecule has 0 bridgehead atoms. The molecule has 0 atom stereocenters. The summed E-state index contributed by atoms with van der Waals surface area (Å²) in [5.74, 6) is 0.752. The van der Waals surface area contributed by atoms with Gasteiger partial charge in [-0.2, -0.15) is 0 Å². The lowest BCUT2D eigenvalue weighted by Gasteiger charge is -2.19. The van der Waals surface area contributed by atoms with Crippen LogP contribution in [0.4, 0.5) is 0 Å². The Balaban J connectivity index is 2.98. The molecule has 0 N–H and O–H groups in total. The molecular weight excluding hydrogens is 263 g/mol. The molecule has 0 saturated carbocycles. The summed E-state index contributed by atoms with van der Waals surface area (Å²) < 4.78 is 28.7. The minimum absolute atomic E-state index is 0.240. The maximum atomic E-state index is 12.5. The minimum Gasteiger partial charge on any atom is -0.494 e. The van der Waals surface area contributed by atoms with E-state index in [4.69, 9.17) is 13.8 Å². The summed E-state index contributed by atoms with van der Waals surface area (Å²) in [7, 11) is -3.09. The number of hydrogen-bond acceptors (Lipinski definition) is 4. The first-order valence-electron chi connectivity index (χ1n) is 6.65. The Morgan fingerprint density at radius 1 is 1.05 bits per heavy atom. The molecule has 1 rings (SSSR count). The quantitative estimate of drug-likeness (QED) is 0.673. The van der Waals surface area contributed by atoms with Crippen LogP contribution in [0, 0.1) is 6.92 Å². The summed E-state index contributed by atoms with van der Waals surface area (Å²) in [4.78, 5) is 0. The van der Waals surface area contributed by atoms with Crippen LogP contribution >= 0.6 is 7.60 Å². The predicted molar refractivity (Wildman–Crippen MR) is 76.9 cm³/mol. The van der Waals surface area contributed by atoms with Crippen LogP contribution in [0.1, 0.15) is 31.9 Å². The van der Waals surface area contributed by atoms with Crippen molar-refractivity contribution in [3.05, 3.63) is 29.3 Å². The average Bonchev–Trinajstić information content (AvgIpc) is 2.33. The zero-order chi connectivity index (χ0) is 14.3. The highest BCUT2D eigenvalue weighted by Gasteiger charge is 2.25. The minimum atomic E-state index is -3.09. The number of aryl methyl sites for hydroxylation is 1. The van der Waals surface area contributed by atoms with E-state index in [1.165, 1.54) is 0 Å². The molecule has 108 valence electrons. The van der Waals surface area contributed by atoms with E-state index in [9.17, 15) is 4.57 Å². The zero-order valence-electron chi connectivity index (χ0n) is 12.1. The van der Waals surface area contributed by atoms with Gasteiger partial charge in [-0.1, -0.05) is 12.1 Å². The molecule has 0 spiro atoms. The van der Waals surface area contributed by atoms with Crippen molar-refractivity contribution in [2.45, 2.75) is 33.9 Å². The van der Waals surface area contributed by atoms with Crippen molar-refractivity contribution in [3.63, 3.8) is 0 Å². The van der Waals surface area contributed by atoms with E-state index in [0.29, 0.717) is 19.8 Å². The highest BCUT2D eigenvalue weighted by molar-refractivity contribution is 7.53. The standard InChI is InChI=1S/C14H23O4P/c1-5-16-14-10-12(4)8-9-13(14)11-19(15,17-6-2)18-7-3/h8-10H,5-7,11H2,1-4H3. The third kappa shape index (κ3) is 4.98. The molecule has 0 fully saturated rings. The lowest BCUT2D eigenvalue weighted by Crippen LogP contribution is -2.02. The molecule has 0 heterocycles. The molecule has 1 aromatic carbocycles. The molecule has 0 aromatic heterocycles. The Morgan fingerprint density at radius 2 is 1.68 bits per heavy atom. The van der Waals surface area contributed by atoms with Gasteiger partial charge in [0.1, 0.15) is 5.75 Å². The highest BCUT2D eigenvalue weighted by Crippen LogP contribution is 2.52.